The summed E-state index contributed by atoms with van der Waals surface area (Å²) in [5.74, 6) is 1.23. The molecule has 1 atom stereocenters. The molecule has 110 valence electrons. The maximum atomic E-state index is 12.7. The number of aliphatic imine (C=N–C) groups is 1. The minimum absolute atomic E-state index is 0.187. The number of halogens is 4. The lowest BCUT2D eigenvalue weighted by Crippen LogP contribution is -2.12. The summed E-state index contributed by atoms with van der Waals surface area (Å²) in [7, 11) is 0. The Morgan fingerprint density at radius 3 is 2.65 bits per heavy atom. The summed E-state index contributed by atoms with van der Waals surface area (Å²) in [6.45, 7) is 4.13. The lowest BCUT2D eigenvalue weighted by atomic mass is 10.1. The van der Waals surface area contributed by atoms with Crippen LogP contribution in [0.1, 0.15) is 19.4 Å². The van der Waals surface area contributed by atoms with Gasteiger partial charge in [-0.1, -0.05) is 37.2 Å². The first-order chi connectivity index (χ1) is 9.27. The van der Waals surface area contributed by atoms with Crippen molar-refractivity contribution in [1.29, 1.82) is 0 Å². The summed E-state index contributed by atoms with van der Waals surface area (Å²) in [6, 6.07) is 3.40. The van der Waals surface area contributed by atoms with Crippen LogP contribution in [0.4, 0.5) is 18.9 Å². The highest BCUT2D eigenvalue weighted by atomic mass is 35.5. The van der Waals surface area contributed by atoms with Crippen molar-refractivity contribution in [1.82, 2.24) is 0 Å². The topological polar surface area (TPSA) is 24.4 Å². The minimum atomic E-state index is -4.38. The summed E-state index contributed by atoms with van der Waals surface area (Å²) in [5.41, 5.74) is -0.495. The van der Waals surface area contributed by atoms with Crippen molar-refractivity contribution < 1.29 is 13.2 Å². The number of anilines is 1. The predicted octanol–water partition coefficient (Wildman–Crippen LogP) is 4.90. The van der Waals surface area contributed by atoms with Crippen molar-refractivity contribution >= 4 is 34.2 Å². The van der Waals surface area contributed by atoms with Gasteiger partial charge in [-0.15, -0.1) is 0 Å². The molecule has 0 saturated carbocycles. The zero-order chi connectivity index (χ0) is 14.9. The first kappa shape index (κ1) is 15.5. The highest BCUT2D eigenvalue weighted by molar-refractivity contribution is 8.14. The summed E-state index contributed by atoms with van der Waals surface area (Å²) >= 11 is 7.42. The third-order valence-electron chi connectivity index (χ3n) is 2.98. The Labute approximate surface area is 124 Å². The van der Waals surface area contributed by atoms with Crippen molar-refractivity contribution in [3.8, 4) is 0 Å². The second kappa shape index (κ2) is 5.85. The van der Waals surface area contributed by atoms with Gasteiger partial charge < -0.3 is 5.32 Å². The number of amidine groups is 1. The third kappa shape index (κ3) is 3.61. The van der Waals surface area contributed by atoms with Crippen LogP contribution < -0.4 is 5.32 Å². The Morgan fingerprint density at radius 2 is 2.10 bits per heavy atom. The molecular weight excluding hydrogens is 309 g/mol. The molecule has 1 unspecified atom stereocenters. The zero-order valence-corrected chi connectivity index (χ0v) is 12.5. The van der Waals surface area contributed by atoms with Gasteiger partial charge in [-0.3, -0.25) is 4.99 Å². The summed E-state index contributed by atoms with van der Waals surface area (Å²) in [6.07, 6.45) is -4.38. The van der Waals surface area contributed by atoms with Gasteiger partial charge in [0.15, 0.2) is 5.17 Å². The minimum Gasteiger partial charge on any atom is -0.334 e. The van der Waals surface area contributed by atoms with Gasteiger partial charge in [-0.05, 0) is 24.1 Å². The smallest absolute Gasteiger partial charge is 0.334 e. The molecule has 0 fully saturated rings. The number of rotatable bonds is 2. The van der Waals surface area contributed by atoms with Gasteiger partial charge in [0, 0.05) is 5.75 Å². The van der Waals surface area contributed by atoms with E-state index in [0.717, 1.165) is 17.9 Å². The molecular formula is C13H14ClF3N2S. The number of hydrogen-bond acceptors (Lipinski definition) is 3. The van der Waals surface area contributed by atoms with Crippen LogP contribution in [0.25, 0.3) is 0 Å². The van der Waals surface area contributed by atoms with Crippen LogP contribution in [0, 0.1) is 5.92 Å². The molecule has 7 heteroatoms. The standard InChI is InChI=1S/C13H14ClF3N2S/c1-7(2)11-6-20-12(19-11)18-10-5-8(13(15,16)17)3-4-9(10)14/h3-5,7,11H,6H2,1-2H3,(H,18,19). The van der Waals surface area contributed by atoms with Crippen LogP contribution in [0.15, 0.2) is 23.2 Å². The number of nitrogens with zero attached hydrogens (tertiary/aromatic N) is 1. The number of hydrogen-bond donors (Lipinski definition) is 1. The van der Waals surface area contributed by atoms with Crippen molar-refractivity contribution in [2.45, 2.75) is 26.1 Å². The van der Waals surface area contributed by atoms with E-state index in [1.165, 1.54) is 17.8 Å². The van der Waals surface area contributed by atoms with E-state index in [0.29, 0.717) is 11.1 Å². The molecule has 0 radical (unpaired) electrons. The zero-order valence-electron chi connectivity index (χ0n) is 11.0. The van der Waals surface area contributed by atoms with Gasteiger partial charge in [-0.2, -0.15) is 13.2 Å². The van der Waals surface area contributed by atoms with E-state index >= 15 is 0 Å². The van der Waals surface area contributed by atoms with E-state index in [-0.39, 0.29) is 16.8 Å². The summed E-state index contributed by atoms with van der Waals surface area (Å²) < 4.78 is 38.0. The van der Waals surface area contributed by atoms with Gasteiger partial charge in [0.05, 0.1) is 22.3 Å². The maximum Gasteiger partial charge on any atom is 0.416 e. The molecule has 1 heterocycles. The largest absolute Gasteiger partial charge is 0.416 e. The summed E-state index contributed by atoms with van der Waals surface area (Å²) in [4.78, 5) is 4.44. The normalized spacial score (nSPS) is 19.4. The molecule has 0 aliphatic carbocycles. The quantitative estimate of drug-likeness (QED) is 0.837. The number of alkyl halides is 3. The Bertz CT molecular complexity index is 529. The third-order valence-corrected chi connectivity index (χ3v) is 4.30. The lowest BCUT2D eigenvalue weighted by Gasteiger charge is -2.12. The van der Waals surface area contributed by atoms with Gasteiger partial charge in [0.1, 0.15) is 0 Å². The van der Waals surface area contributed by atoms with Crippen LogP contribution in [0.3, 0.4) is 0 Å². The highest BCUT2D eigenvalue weighted by Crippen LogP contribution is 2.34. The molecule has 0 spiro atoms. The van der Waals surface area contributed by atoms with Crippen LogP contribution in [-0.4, -0.2) is 17.0 Å². The average molecular weight is 323 g/mol. The molecule has 2 nitrogen and oxygen atoms in total. The number of nitrogens with one attached hydrogen (secondary N) is 1. The lowest BCUT2D eigenvalue weighted by molar-refractivity contribution is -0.137. The Morgan fingerprint density at radius 1 is 1.40 bits per heavy atom. The molecule has 20 heavy (non-hydrogen) atoms. The number of benzene rings is 1. The van der Waals surface area contributed by atoms with E-state index in [9.17, 15) is 13.2 Å². The van der Waals surface area contributed by atoms with Crippen LogP contribution in [0.2, 0.25) is 5.02 Å². The fourth-order valence-corrected chi connectivity index (χ4v) is 3.06. The molecule has 0 amide bonds. The monoisotopic (exact) mass is 322 g/mol. The van der Waals surface area contributed by atoms with Crippen LogP contribution >= 0.6 is 23.4 Å². The fourth-order valence-electron chi connectivity index (χ4n) is 1.71. The molecule has 0 saturated heterocycles. The highest BCUT2D eigenvalue weighted by Gasteiger charge is 2.31. The first-order valence-electron chi connectivity index (χ1n) is 6.11. The van der Waals surface area contributed by atoms with E-state index in [4.69, 9.17) is 11.6 Å². The summed E-state index contributed by atoms with van der Waals surface area (Å²) in [5, 5.41) is 3.75. The van der Waals surface area contributed by atoms with Crippen LogP contribution in [0.5, 0.6) is 0 Å². The van der Waals surface area contributed by atoms with Crippen molar-refractivity contribution in [3.05, 3.63) is 28.8 Å². The SMILES string of the molecule is CC(C)C1CSC(Nc2cc(C(F)(F)F)ccc2Cl)=N1. The Hall–Kier alpha value is -0.880. The molecule has 1 N–H and O–H groups in total. The van der Waals surface area contributed by atoms with E-state index in [2.05, 4.69) is 24.2 Å². The van der Waals surface area contributed by atoms with Crippen LogP contribution in [-0.2, 0) is 6.18 Å². The molecule has 1 aliphatic rings. The second-order valence-electron chi connectivity index (χ2n) is 4.87. The van der Waals surface area contributed by atoms with Gasteiger partial charge >= 0.3 is 6.18 Å². The molecule has 0 aromatic heterocycles. The van der Waals surface area contributed by atoms with E-state index in [1.807, 2.05) is 0 Å². The first-order valence-corrected chi connectivity index (χ1v) is 7.48. The Balaban J connectivity index is 2.20. The van der Waals surface area contributed by atoms with Crippen molar-refractivity contribution in [3.63, 3.8) is 0 Å². The van der Waals surface area contributed by atoms with Gasteiger partial charge in [-0.25, -0.2) is 0 Å². The predicted molar refractivity (Wildman–Crippen MR) is 78.6 cm³/mol. The molecule has 2 rings (SSSR count). The second-order valence-corrected chi connectivity index (χ2v) is 6.29. The fraction of sp³-hybridized carbons (Fsp3) is 0.462. The maximum absolute atomic E-state index is 12.7. The molecule has 1 aromatic carbocycles. The average Bonchev–Trinajstić information content (AvgIpc) is 2.79. The van der Waals surface area contributed by atoms with E-state index in [1.54, 1.807) is 0 Å². The Kier molecular flexibility index (Phi) is 4.54. The van der Waals surface area contributed by atoms with Gasteiger partial charge in [0.2, 0.25) is 0 Å². The molecule has 1 aliphatic heterocycles. The molecule has 1 aromatic rings. The number of thioether (sulfide) groups is 1. The van der Waals surface area contributed by atoms with Gasteiger partial charge in [0.25, 0.3) is 0 Å². The van der Waals surface area contributed by atoms with Crippen molar-refractivity contribution in [2.75, 3.05) is 11.1 Å². The van der Waals surface area contributed by atoms with Crippen molar-refractivity contribution in [2.24, 2.45) is 10.9 Å². The molecule has 0 bridgehead atoms. The van der Waals surface area contributed by atoms with E-state index < -0.39 is 11.7 Å².